The van der Waals surface area contributed by atoms with Gasteiger partial charge >= 0.3 is 5.97 Å². The average molecular weight is 583 g/mol. The van der Waals surface area contributed by atoms with E-state index in [2.05, 4.69) is 9.47 Å². The highest BCUT2D eigenvalue weighted by Crippen LogP contribution is 2.48. The predicted octanol–water partition coefficient (Wildman–Crippen LogP) is 4.36. The number of nitrogens with zero attached hydrogens (tertiary/aromatic N) is 3. The van der Waals surface area contributed by atoms with Crippen LogP contribution in [0, 0.1) is 0 Å². The molecule has 0 saturated carbocycles. The molecule has 2 aromatic heterocycles. The van der Waals surface area contributed by atoms with E-state index in [9.17, 15) is 28.0 Å². The average Bonchev–Trinajstić information content (AvgIpc) is 3.35. The normalized spacial score (nSPS) is 15.5. The Bertz CT molecular complexity index is 1550. The van der Waals surface area contributed by atoms with Gasteiger partial charge in [-0.2, -0.15) is 8.42 Å². The maximum Gasteiger partial charge on any atom is 0.333 e. The fourth-order valence-electron chi connectivity index (χ4n) is 5.02. The van der Waals surface area contributed by atoms with E-state index in [1.165, 1.54) is 18.2 Å². The molecule has 0 radical (unpaired) electrons. The lowest BCUT2D eigenvalue weighted by atomic mass is 9.83. The van der Waals surface area contributed by atoms with Crippen LogP contribution in [0.15, 0.2) is 77.6 Å². The van der Waals surface area contributed by atoms with Gasteiger partial charge in [0, 0.05) is 60.5 Å². The highest BCUT2D eigenvalue weighted by atomic mass is 32.2. The van der Waals surface area contributed by atoms with Crippen molar-refractivity contribution in [1.29, 1.82) is 0 Å². The first-order chi connectivity index (χ1) is 19.4. The van der Waals surface area contributed by atoms with Crippen LogP contribution in [0.4, 0.5) is 5.69 Å². The Morgan fingerprint density at radius 1 is 1.02 bits per heavy atom. The number of pyridine rings is 1. The van der Waals surface area contributed by atoms with Crippen molar-refractivity contribution in [3.63, 3.8) is 0 Å². The number of hydrogen-bond donors (Lipinski definition) is 3. The zero-order valence-corrected chi connectivity index (χ0v) is 24.2. The van der Waals surface area contributed by atoms with Crippen molar-refractivity contribution in [3.05, 3.63) is 83.8 Å². The largest absolute Gasteiger partial charge is 0.492 e. The lowest BCUT2D eigenvalue weighted by Gasteiger charge is -2.25. The minimum absolute atomic E-state index is 0.104. The number of aromatic nitrogens is 2. The fourth-order valence-corrected chi connectivity index (χ4v) is 5.53. The fraction of sp³-hybridized carbons (Fsp3) is 0.333. The van der Waals surface area contributed by atoms with E-state index in [0.29, 0.717) is 17.7 Å². The number of carbonyl (C=O) groups excluding carboxylic acids is 1. The van der Waals surface area contributed by atoms with Crippen LogP contribution in [0.5, 0.6) is 11.8 Å². The van der Waals surface area contributed by atoms with Gasteiger partial charge in [-0.15, -0.1) is 4.73 Å². The third kappa shape index (κ3) is 6.80. The van der Waals surface area contributed by atoms with Gasteiger partial charge in [0.25, 0.3) is 10.1 Å². The molecule has 3 heterocycles. The third-order valence-corrected chi connectivity index (χ3v) is 8.07. The molecule has 1 aliphatic heterocycles. The third-order valence-electron chi connectivity index (χ3n) is 7.23. The molecule has 11 heteroatoms. The molecule has 0 bridgehead atoms. The van der Waals surface area contributed by atoms with E-state index < -0.39 is 21.5 Å². The van der Waals surface area contributed by atoms with Gasteiger partial charge in [-0.3, -0.25) is 4.55 Å². The topological polar surface area (TPSA) is 133 Å². The summed E-state index contributed by atoms with van der Waals surface area (Å²) in [6, 6.07) is 11.2. The Labute approximate surface area is 240 Å². The Morgan fingerprint density at radius 3 is 2.34 bits per heavy atom. The van der Waals surface area contributed by atoms with Crippen LogP contribution in [0.2, 0.25) is 0 Å². The SMILES string of the molecule is CCN1/C(=C/C=C/c2cc[n+](CCCCCC(=O)On3c(O)ccc3O)cc2)C(C)(C)c2cc(S(=O)(=O)O)ccc21. The minimum atomic E-state index is -4.29. The maximum atomic E-state index is 11.9. The van der Waals surface area contributed by atoms with Crippen molar-refractivity contribution in [2.75, 3.05) is 11.4 Å². The summed E-state index contributed by atoms with van der Waals surface area (Å²) in [6.45, 7) is 7.64. The summed E-state index contributed by atoms with van der Waals surface area (Å²) < 4.78 is 35.7. The molecule has 41 heavy (non-hydrogen) atoms. The highest BCUT2D eigenvalue weighted by molar-refractivity contribution is 7.85. The molecule has 0 spiro atoms. The molecule has 0 aliphatic carbocycles. The van der Waals surface area contributed by atoms with E-state index >= 15 is 0 Å². The summed E-state index contributed by atoms with van der Waals surface area (Å²) in [5.74, 6) is -1.20. The first-order valence-electron chi connectivity index (χ1n) is 13.5. The van der Waals surface area contributed by atoms with Crippen molar-refractivity contribution < 1.29 is 37.4 Å². The van der Waals surface area contributed by atoms with Gasteiger partial charge in [0.1, 0.15) is 6.54 Å². The number of carbonyl (C=O) groups is 1. The van der Waals surface area contributed by atoms with Gasteiger partial charge in [0.05, 0.1) is 4.90 Å². The molecule has 3 N–H and O–H groups in total. The van der Waals surface area contributed by atoms with Crippen LogP contribution in [0.3, 0.4) is 0 Å². The molecular weight excluding hydrogens is 546 g/mol. The van der Waals surface area contributed by atoms with Gasteiger partial charge in [-0.05, 0) is 55.2 Å². The van der Waals surface area contributed by atoms with Crippen molar-refractivity contribution in [1.82, 2.24) is 4.73 Å². The summed E-state index contributed by atoms with van der Waals surface area (Å²) in [4.78, 5) is 18.9. The number of hydrogen-bond acceptors (Lipinski definition) is 7. The van der Waals surface area contributed by atoms with E-state index in [4.69, 9.17) is 4.84 Å². The van der Waals surface area contributed by atoms with Gasteiger partial charge in [0.15, 0.2) is 12.4 Å². The lowest BCUT2D eigenvalue weighted by Crippen LogP contribution is -2.32. The number of benzene rings is 1. The molecular formula is C30H36N3O7S+. The van der Waals surface area contributed by atoms with Crippen molar-refractivity contribution in [2.24, 2.45) is 0 Å². The summed E-state index contributed by atoms with van der Waals surface area (Å²) >= 11 is 0. The molecule has 0 saturated heterocycles. The summed E-state index contributed by atoms with van der Waals surface area (Å²) in [6.07, 6.45) is 12.6. The molecule has 0 unspecified atom stereocenters. The second-order valence-corrected chi connectivity index (χ2v) is 11.8. The van der Waals surface area contributed by atoms with Gasteiger partial charge in [0.2, 0.25) is 11.8 Å². The van der Waals surface area contributed by atoms with Gasteiger partial charge in [-0.1, -0.05) is 26.0 Å². The zero-order valence-electron chi connectivity index (χ0n) is 23.4. The van der Waals surface area contributed by atoms with Crippen molar-refractivity contribution >= 4 is 27.9 Å². The molecule has 0 amide bonds. The molecule has 1 aliphatic rings. The predicted molar refractivity (Wildman–Crippen MR) is 154 cm³/mol. The number of rotatable bonds is 11. The smallest absolute Gasteiger partial charge is 0.333 e. The number of unbranched alkanes of at least 4 members (excludes halogenated alkanes) is 2. The van der Waals surface area contributed by atoms with Crippen LogP contribution >= 0.6 is 0 Å². The number of likely N-dealkylation sites (N-methyl/N-ethyl adjacent to an activating group) is 1. The summed E-state index contributed by atoms with van der Waals surface area (Å²) in [5.41, 5.74) is 3.41. The van der Waals surface area contributed by atoms with Crippen LogP contribution in [0.25, 0.3) is 6.08 Å². The molecule has 1 aromatic carbocycles. The standard InChI is InChI=1S/C30H35N3O7S/c1-4-32-25-13-12-23(41(37,38)39)21-24(25)30(2,3)26(32)10-8-9-22-16-19-31(20-17-22)18-7-5-6-11-29(36)40-33-27(34)14-15-28(33)35/h8-10,12-17,19-21H,4-7,11,18H2,1-3H3,(H2-,34,35,37,38,39)/p+1. The number of aromatic hydroxyl groups is 2. The Kier molecular flexibility index (Phi) is 8.89. The first-order valence-corrected chi connectivity index (χ1v) is 14.9. The van der Waals surface area contributed by atoms with Gasteiger partial charge < -0.3 is 20.0 Å². The molecule has 3 aromatic rings. The van der Waals surface area contributed by atoms with Crippen molar-refractivity contribution in [3.8, 4) is 11.8 Å². The van der Waals surface area contributed by atoms with E-state index in [-0.39, 0.29) is 23.1 Å². The number of aryl methyl sites for hydroxylation is 1. The van der Waals surface area contributed by atoms with Crippen LogP contribution in [-0.2, 0) is 26.9 Å². The first kappa shape index (κ1) is 29.9. The number of anilines is 1. The Morgan fingerprint density at radius 2 is 1.71 bits per heavy atom. The van der Waals surface area contributed by atoms with E-state index in [1.807, 2.05) is 63.5 Å². The van der Waals surface area contributed by atoms with Crippen LogP contribution in [0.1, 0.15) is 57.6 Å². The maximum absolute atomic E-state index is 11.9. The number of fused-ring (bicyclic) bond motifs is 1. The molecule has 4 rings (SSSR count). The van der Waals surface area contributed by atoms with E-state index in [0.717, 1.165) is 41.9 Å². The molecule has 0 fully saturated rings. The second-order valence-electron chi connectivity index (χ2n) is 10.4. The zero-order chi connectivity index (χ0) is 29.8. The quantitative estimate of drug-likeness (QED) is 0.173. The molecule has 218 valence electrons. The highest BCUT2D eigenvalue weighted by Gasteiger charge is 2.39. The minimum Gasteiger partial charge on any atom is -0.492 e. The Hall–Kier alpha value is -4.09. The molecule has 0 atom stereocenters. The van der Waals surface area contributed by atoms with Gasteiger partial charge in [-0.25, -0.2) is 9.36 Å². The molecule has 10 nitrogen and oxygen atoms in total. The van der Waals surface area contributed by atoms with Crippen LogP contribution < -0.4 is 14.3 Å². The van der Waals surface area contributed by atoms with E-state index in [1.54, 1.807) is 12.1 Å². The Balaban J connectivity index is 1.30. The summed E-state index contributed by atoms with van der Waals surface area (Å²) in [5, 5.41) is 19.1. The summed E-state index contributed by atoms with van der Waals surface area (Å²) in [7, 11) is -4.29. The van der Waals surface area contributed by atoms with Crippen LogP contribution in [-0.4, -0.2) is 40.4 Å². The monoisotopic (exact) mass is 582 g/mol. The second kappa shape index (κ2) is 12.2. The lowest BCUT2D eigenvalue weighted by molar-refractivity contribution is -0.697. The number of allylic oxidation sites excluding steroid dienone is 3. The van der Waals surface area contributed by atoms with Crippen molar-refractivity contribution in [2.45, 2.75) is 63.3 Å².